The van der Waals surface area contributed by atoms with Crippen LogP contribution in [-0.4, -0.2) is 25.2 Å². The van der Waals surface area contributed by atoms with E-state index < -0.39 is 5.69 Å². The first-order chi connectivity index (χ1) is 13.3. The maximum Gasteiger partial charge on any atom is 0.332 e. The fraction of sp³-hybridized carbons (Fsp3) is 0.421. The molecule has 2 aromatic heterocycles. The van der Waals surface area contributed by atoms with Crippen LogP contribution < -0.4 is 16.6 Å². The third-order valence-electron chi connectivity index (χ3n) is 4.74. The normalized spacial score (nSPS) is 11.3. The zero-order valence-electron chi connectivity index (χ0n) is 16.1. The standard InChI is InChI=1S/C19H23Cl2N5O2/c1-4-5-6-9-22-18-23-16-15(17(27)25(3)19(28)24(16)2)26(18)11-12-7-8-13(20)14(21)10-12/h7-8,10H,4-6,9,11H2,1-3H3,(H,22,23). The minimum absolute atomic E-state index is 0.353. The number of unbranched alkanes of at least 4 members (excludes halogenated alkanes) is 2. The van der Waals surface area contributed by atoms with Gasteiger partial charge >= 0.3 is 5.69 Å². The molecule has 0 amide bonds. The molecule has 0 saturated carbocycles. The molecule has 0 aliphatic heterocycles. The van der Waals surface area contributed by atoms with Gasteiger partial charge in [-0.1, -0.05) is 49.0 Å². The van der Waals surface area contributed by atoms with Gasteiger partial charge in [-0.15, -0.1) is 0 Å². The fourth-order valence-electron chi connectivity index (χ4n) is 3.13. The molecule has 9 heteroatoms. The van der Waals surface area contributed by atoms with Crippen molar-refractivity contribution in [3.63, 3.8) is 0 Å². The molecule has 28 heavy (non-hydrogen) atoms. The smallest absolute Gasteiger partial charge is 0.332 e. The quantitative estimate of drug-likeness (QED) is 0.590. The number of fused-ring (bicyclic) bond motifs is 1. The van der Waals surface area contributed by atoms with E-state index in [1.807, 2.05) is 6.07 Å². The number of nitrogens with zero attached hydrogens (tertiary/aromatic N) is 4. The average Bonchev–Trinajstić information content (AvgIpc) is 3.03. The Morgan fingerprint density at radius 1 is 1.07 bits per heavy atom. The van der Waals surface area contributed by atoms with Gasteiger partial charge in [-0.3, -0.25) is 18.5 Å². The van der Waals surface area contributed by atoms with Gasteiger partial charge in [-0.05, 0) is 24.1 Å². The Bertz CT molecular complexity index is 1130. The molecule has 2 heterocycles. The fourth-order valence-corrected chi connectivity index (χ4v) is 3.45. The molecule has 0 atom stereocenters. The lowest BCUT2D eigenvalue weighted by Crippen LogP contribution is -2.37. The van der Waals surface area contributed by atoms with Crippen molar-refractivity contribution < 1.29 is 0 Å². The summed E-state index contributed by atoms with van der Waals surface area (Å²) in [6.45, 7) is 3.24. The number of aromatic nitrogens is 4. The summed E-state index contributed by atoms with van der Waals surface area (Å²) in [4.78, 5) is 29.7. The highest BCUT2D eigenvalue weighted by atomic mass is 35.5. The van der Waals surface area contributed by atoms with E-state index in [-0.39, 0.29) is 5.56 Å². The van der Waals surface area contributed by atoms with Crippen LogP contribution in [0.25, 0.3) is 11.2 Å². The number of imidazole rings is 1. The third-order valence-corrected chi connectivity index (χ3v) is 5.48. The largest absolute Gasteiger partial charge is 0.356 e. The van der Waals surface area contributed by atoms with Crippen LogP contribution in [0.3, 0.4) is 0 Å². The first-order valence-electron chi connectivity index (χ1n) is 9.19. The first kappa shape index (κ1) is 20.5. The molecule has 0 bridgehead atoms. The number of hydrogen-bond donors (Lipinski definition) is 1. The van der Waals surface area contributed by atoms with E-state index in [0.717, 1.165) is 35.9 Å². The van der Waals surface area contributed by atoms with Gasteiger partial charge in [0.15, 0.2) is 11.2 Å². The number of aryl methyl sites for hydroxylation is 1. The Kier molecular flexibility index (Phi) is 6.15. The highest BCUT2D eigenvalue weighted by Gasteiger charge is 2.19. The van der Waals surface area contributed by atoms with E-state index in [1.165, 1.54) is 11.6 Å². The molecule has 0 spiro atoms. The zero-order valence-corrected chi connectivity index (χ0v) is 17.6. The van der Waals surface area contributed by atoms with Gasteiger partial charge in [0.2, 0.25) is 5.95 Å². The monoisotopic (exact) mass is 423 g/mol. The van der Waals surface area contributed by atoms with E-state index in [0.29, 0.717) is 33.7 Å². The van der Waals surface area contributed by atoms with E-state index in [9.17, 15) is 9.59 Å². The van der Waals surface area contributed by atoms with Crippen LogP contribution in [0.1, 0.15) is 31.7 Å². The SMILES string of the molecule is CCCCCNc1nc2c(c(=O)n(C)c(=O)n2C)n1Cc1ccc(Cl)c(Cl)c1. The van der Waals surface area contributed by atoms with Crippen molar-refractivity contribution in [3.05, 3.63) is 54.6 Å². The lowest BCUT2D eigenvalue weighted by atomic mass is 10.2. The maximum absolute atomic E-state index is 12.8. The van der Waals surface area contributed by atoms with Crippen molar-refractivity contribution >= 4 is 40.3 Å². The Balaban J connectivity index is 2.14. The number of hydrogen-bond acceptors (Lipinski definition) is 4. The average molecular weight is 424 g/mol. The summed E-state index contributed by atoms with van der Waals surface area (Å²) >= 11 is 12.2. The first-order valence-corrected chi connectivity index (χ1v) is 9.94. The molecule has 1 N–H and O–H groups in total. The predicted molar refractivity (Wildman–Crippen MR) is 114 cm³/mol. The van der Waals surface area contributed by atoms with Crippen molar-refractivity contribution in [2.24, 2.45) is 14.1 Å². The third kappa shape index (κ3) is 3.82. The topological polar surface area (TPSA) is 73.8 Å². The number of nitrogens with one attached hydrogen (secondary N) is 1. The van der Waals surface area contributed by atoms with Crippen LogP contribution >= 0.6 is 23.2 Å². The summed E-state index contributed by atoms with van der Waals surface area (Å²) in [5.41, 5.74) is 0.808. The molecule has 0 aliphatic rings. The van der Waals surface area contributed by atoms with Crippen molar-refractivity contribution in [1.82, 2.24) is 18.7 Å². The summed E-state index contributed by atoms with van der Waals surface area (Å²) in [5.74, 6) is 0.551. The van der Waals surface area contributed by atoms with Gasteiger partial charge in [0.05, 0.1) is 16.6 Å². The Morgan fingerprint density at radius 3 is 2.50 bits per heavy atom. The molecular weight excluding hydrogens is 401 g/mol. The van der Waals surface area contributed by atoms with Crippen LogP contribution in [0.5, 0.6) is 0 Å². The molecule has 3 aromatic rings. The summed E-state index contributed by atoms with van der Waals surface area (Å²) in [6, 6.07) is 5.34. The van der Waals surface area contributed by atoms with Crippen LogP contribution in [0, 0.1) is 0 Å². The van der Waals surface area contributed by atoms with Gasteiger partial charge in [-0.2, -0.15) is 4.98 Å². The van der Waals surface area contributed by atoms with Crippen LogP contribution in [-0.2, 0) is 20.6 Å². The maximum atomic E-state index is 12.8. The van der Waals surface area contributed by atoms with E-state index in [2.05, 4.69) is 17.2 Å². The molecule has 0 saturated heterocycles. The Morgan fingerprint density at radius 2 is 1.82 bits per heavy atom. The van der Waals surface area contributed by atoms with Crippen LogP contribution in [0.4, 0.5) is 5.95 Å². The lowest BCUT2D eigenvalue weighted by Gasteiger charge is -2.11. The lowest BCUT2D eigenvalue weighted by molar-refractivity contribution is 0.702. The molecule has 1 aromatic carbocycles. The molecule has 3 rings (SSSR count). The summed E-state index contributed by atoms with van der Waals surface area (Å²) in [7, 11) is 3.08. The van der Waals surface area contributed by atoms with Crippen molar-refractivity contribution in [3.8, 4) is 0 Å². The predicted octanol–water partition coefficient (Wildman–Crippen LogP) is 3.39. The second-order valence-corrected chi connectivity index (χ2v) is 7.60. The second kappa shape index (κ2) is 8.41. The van der Waals surface area contributed by atoms with Gasteiger partial charge in [0.1, 0.15) is 0 Å². The number of anilines is 1. The molecule has 0 unspecified atom stereocenters. The van der Waals surface area contributed by atoms with E-state index in [1.54, 1.807) is 23.7 Å². The van der Waals surface area contributed by atoms with Crippen molar-refractivity contribution in [1.29, 1.82) is 0 Å². The van der Waals surface area contributed by atoms with Gasteiger partial charge < -0.3 is 5.32 Å². The van der Waals surface area contributed by atoms with Crippen molar-refractivity contribution in [2.45, 2.75) is 32.7 Å². The van der Waals surface area contributed by atoms with Crippen LogP contribution in [0.15, 0.2) is 27.8 Å². The highest BCUT2D eigenvalue weighted by molar-refractivity contribution is 6.42. The molecule has 7 nitrogen and oxygen atoms in total. The second-order valence-electron chi connectivity index (χ2n) is 6.78. The molecule has 0 fully saturated rings. The van der Waals surface area contributed by atoms with E-state index in [4.69, 9.17) is 23.2 Å². The highest BCUT2D eigenvalue weighted by Crippen LogP contribution is 2.25. The van der Waals surface area contributed by atoms with Crippen LogP contribution in [0.2, 0.25) is 10.0 Å². The van der Waals surface area contributed by atoms with Gasteiger partial charge in [0.25, 0.3) is 5.56 Å². The summed E-state index contributed by atoms with van der Waals surface area (Å²) < 4.78 is 4.28. The minimum Gasteiger partial charge on any atom is -0.356 e. The number of halogens is 2. The van der Waals surface area contributed by atoms with Gasteiger partial charge in [-0.25, -0.2) is 4.79 Å². The zero-order chi connectivity index (χ0) is 20.4. The minimum atomic E-state index is -0.408. The number of rotatable bonds is 7. The van der Waals surface area contributed by atoms with Gasteiger partial charge in [0, 0.05) is 20.6 Å². The Labute approximate surface area is 172 Å². The molecule has 0 aliphatic carbocycles. The van der Waals surface area contributed by atoms with Crippen molar-refractivity contribution in [2.75, 3.05) is 11.9 Å². The summed E-state index contributed by atoms with van der Waals surface area (Å²) in [5, 5.41) is 4.22. The molecule has 150 valence electrons. The molecular formula is C19H23Cl2N5O2. The number of benzene rings is 1. The van der Waals surface area contributed by atoms with E-state index >= 15 is 0 Å². The molecule has 0 radical (unpaired) electrons. The summed E-state index contributed by atoms with van der Waals surface area (Å²) in [6.07, 6.45) is 3.19. The Hall–Kier alpha value is -2.25.